The van der Waals surface area contributed by atoms with Gasteiger partial charge in [0.05, 0.1) is 12.0 Å². The summed E-state index contributed by atoms with van der Waals surface area (Å²) < 4.78 is 12.0. The normalized spacial score (nSPS) is 22.8. The van der Waals surface area contributed by atoms with Gasteiger partial charge in [-0.05, 0) is 98.5 Å². The minimum atomic E-state index is -0.651. The lowest BCUT2D eigenvalue weighted by atomic mass is 9.88. The van der Waals surface area contributed by atoms with Gasteiger partial charge in [0.1, 0.15) is 5.75 Å². The van der Waals surface area contributed by atoms with Gasteiger partial charge < -0.3 is 14.6 Å². The Morgan fingerprint density at radius 1 is 1.00 bits per heavy atom. The molecule has 174 valence electrons. The zero-order valence-electron chi connectivity index (χ0n) is 19.3. The summed E-state index contributed by atoms with van der Waals surface area (Å²) in [4.78, 5) is 13.5. The first-order chi connectivity index (χ1) is 15.6. The molecule has 2 aromatic carbocycles. The molecule has 1 aliphatic heterocycles. The third-order valence-electron chi connectivity index (χ3n) is 7.02. The molecule has 0 radical (unpaired) electrons. The Balaban J connectivity index is 1.28. The van der Waals surface area contributed by atoms with Crippen LogP contribution in [-0.4, -0.2) is 48.4 Å². The van der Waals surface area contributed by atoms with Gasteiger partial charge in [-0.1, -0.05) is 25.1 Å². The standard InChI is InChI=1S/C27H37NO4/c1-2-15-31-19-20-4-8-25(9-5-20)32-26-10-7-23-16-21(3-6-24(23)17-26)18-28-13-11-22(12-14-28)27(29)30/h3,6-7,10,16-17,20,22,25H,2,4-5,8-9,11-15,18-19H2,1H3,(H,29,30)/t20-,25-. The number of hydrogen-bond donors (Lipinski definition) is 1. The highest BCUT2D eigenvalue weighted by molar-refractivity contribution is 5.84. The van der Waals surface area contributed by atoms with Gasteiger partial charge in [-0.3, -0.25) is 9.69 Å². The molecule has 1 saturated heterocycles. The van der Waals surface area contributed by atoms with E-state index in [1.165, 1.54) is 29.2 Å². The van der Waals surface area contributed by atoms with E-state index in [1.54, 1.807) is 0 Å². The Morgan fingerprint density at radius 3 is 2.44 bits per heavy atom. The van der Waals surface area contributed by atoms with E-state index in [0.29, 0.717) is 12.0 Å². The van der Waals surface area contributed by atoms with Crippen LogP contribution in [0.2, 0.25) is 0 Å². The van der Waals surface area contributed by atoms with E-state index in [1.807, 2.05) is 0 Å². The Labute approximate surface area is 191 Å². The topological polar surface area (TPSA) is 59.0 Å². The van der Waals surface area contributed by atoms with Gasteiger partial charge in [0.15, 0.2) is 0 Å². The van der Waals surface area contributed by atoms with Crippen LogP contribution in [0.5, 0.6) is 5.75 Å². The molecule has 0 aromatic heterocycles. The number of carbonyl (C=O) groups is 1. The number of benzene rings is 2. The highest BCUT2D eigenvalue weighted by atomic mass is 16.5. The molecule has 0 amide bonds. The third-order valence-corrected chi connectivity index (χ3v) is 7.02. The number of hydrogen-bond acceptors (Lipinski definition) is 4. The van der Waals surface area contributed by atoms with Gasteiger partial charge in [0.2, 0.25) is 0 Å². The third kappa shape index (κ3) is 6.23. The summed E-state index contributed by atoms with van der Waals surface area (Å²) in [7, 11) is 0. The Kier molecular flexibility index (Phi) is 8.04. The highest BCUT2D eigenvalue weighted by Gasteiger charge is 2.25. The molecule has 4 rings (SSSR count). The van der Waals surface area contributed by atoms with E-state index in [9.17, 15) is 9.90 Å². The molecule has 0 unspecified atom stereocenters. The molecule has 1 N–H and O–H groups in total. The lowest BCUT2D eigenvalue weighted by molar-refractivity contribution is -0.143. The van der Waals surface area contributed by atoms with Gasteiger partial charge in [0, 0.05) is 19.8 Å². The molecule has 2 aromatic rings. The maximum Gasteiger partial charge on any atom is 0.306 e. The van der Waals surface area contributed by atoms with Gasteiger partial charge >= 0.3 is 5.97 Å². The number of ether oxygens (including phenoxy) is 2. The van der Waals surface area contributed by atoms with Crippen molar-refractivity contribution in [1.29, 1.82) is 0 Å². The quantitative estimate of drug-likeness (QED) is 0.523. The number of piperidine rings is 1. The predicted molar refractivity (Wildman–Crippen MR) is 127 cm³/mol. The van der Waals surface area contributed by atoms with Crippen LogP contribution in [-0.2, 0) is 16.1 Å². The van der Waals surface area contributed by atoms with Crippen molar-refractivity contribution in [3.05, 3.63) is 42.0 Å². The van der Waals surface area contributed by atoms with Crippen LogP contribution in [0.25, 0.3) is 10.8 Å². The number of carboxylic acids is 1. The van der Waals surface area contributed by atoms with Crippen LogP contribution < -0.4 is 4.74 Å². The molecule has 5 heteroatoms. The van der Waals surface area contributed by atoms with Crippen molar-refractivity contribution in [2.45, 2.75) is 64.5 Å². The van der Waals surface area contributed by atoms with Gasteiger partial charge in [-0.15, -0.1) is 0 Å². The predicted octanol–water partition coefficient (Wildman–Crippen LogP) is 5.50. The second-order valence-corrected chi connectivity index (χ2v) is 9.57. The number of fused-ring (bicyclic) bond motifs is 1. The molecular weight excluding hydrogens is 402 g/mol. The van der Waals surface area contributed by atoms with Crippen LogP contribution in [0.3, 0.4) is 0 Å². The SMILES string of the molecule is CCCOC[C@H]1CC[C@H](Oc2ccc3cc(CN4CCC(C(=O)O)CC4)ccc3c2)CC1. The fraction of sp³-hybridized carbons (Fsp3) is 0.593. The van der Waals surface area contributed by atoms with E-state index in [4.69, 9.17) is 9.47 Å². The molecule has 2 aliphatic rings. The van der Waals surface area contributed by atoms with E-state index < -0.39 is 5.97 Å². The summed E-state index contributed by atoms with van der Waals surface area (Å²) in [5.41, 5.74) is 1.28. The molecular formula is C27H37NO4. The van der Waals surface area contributed by atoms with Crippen LogP contribution in [0.4, 0.5) is 0 Å². The monoisotopic (exact) mass is 439 g/mol. The molecule has 1 saturated carbocycles. The Morgan fingerprint density at radius 2 is 1.72 bits per heavy atom. The van der Waals surface area contributed by atoms with Crippen LogP contribution >= 0.6 is 0 Å². The van der Waals surface area contributed by atoms with Crippen molar-refractivity contribution in [2.24, 2.45) is 11.8 Å². The fourth-order valence-corrected chi connectivity index (χ4v) is 5.04. The molecule has 0 bridgehead atoms. The van der Waals surface area contributed by atoms with E-state index in [0.717, 1.165) is 70.7 Å². The largest absolute Gasteiger partial charge is 0.490 e. The molecule has 1 aliphatic carbocycles. The van der Waals surface area contributed by atoms with E-state index in [-0.39, 0.29) is 5.92 Å². The Bertz CT molecular complexity index is 882. The van der Waals surface area contributed by atoms with Crippen molar-refractivity contribution in [3.8, 4) is 5.75 Å². The number of likely N-dealkylation sites (tertiary alicyclic amines) is 1. The number of aliphatic carboxylic acids is 1. The molecule has 32 heavy (non-hydrogen) atoms. The molecule has 5 nitrogen and oxygen atoms in total. The minimum absolute atomic E-state index is 0.175. The number of rotatable bonds is 9. The number of nitrogens with zero attached hydrogens (tertiary/aromatic N) is 1. The molecule has 0 atom stereocenters. The molecule has 2 fully saturated rings. The van der Waals surface area contributed by atoms with Crippen molar-refractivity contribution in [3.63, 3.8) is 0 Å². The summed E-state index contributed by atoms with van der Waals surface area (Å²) in [6, 6.07) is 13.0. The first-order valence-corrected chi connectivity index (χ1v) is 12.3. The Hall–Kier alpha value is -2.11. The summed E-state index contributed by atoms with van der Waals surface area (Å²) in [6.45, 7) is 6.52. The van der Waals surface area contributed by atoms with Crippen molar-refractivity contribution in [1.82, 2.24) is 4.90 Å². The maximum atomic E-state index is 11.1. The van der Waals surface area contributed by atoms with Gasteiger partial charge in [-0.2, -0.15) is 0 Å². The smallest absolute Gasteiger partial charge is 0.306 e. The maximum absolute atomic E-state index is 11.1. The lowest BCUT2D eigenvalue weighted by Gasteiger charge is -2.30. The van der Waals surface area contributed by atoms with Crippen molar-refractivity contribution in [2.75, 3.05) is 26.3 Å². The van der Waals surface area contributed by atoms with Crippen LogP contribution in [0.1, 0.15) is 57.4 Å². The molecule has 0 spiro atoms. The zero-order valence-corrected chi connectivity index (χ0v) is 19.3. The highest BCUT2D eigenvalue weighted by Crippen LogP contribution is 2.30. The average Bonchev–Trinajstić information content (AvgIpc) is 2.81. The number of carboxylic acid groups (broad SMARTS) is 1. The second-order valence-electron chi connectivity index (χ2n) is 9.57. The second kappa shape index (κ2) is 11.2. The average molecular weight is 440 g/mol. The summed E-state index contributed by atoms with van der Waals surface area (Å²) in [5.74, 6) is 0.825. The summed E-state index contributed by atoms with van der Waals surface area (Å²) >= 11 is 0. The summed E-state index contributed by atoms with van der Waals surface area (Å²) in [6.07, 6.45) is 7.49. The van der Waals surface area contributed by atoms with E-state index in [2.05, 4.69) is 48.2 Å². The zero-order chi connectivity index (χ0) is 22.3. The summed E-state index contributed by atoms with van der Waals surface area (Å²) in [5, 5.41) is 11.6. The van der Waals surface area contributed by atoms with Crippen LogP contribution in [0.15, 0.2) is 36.4 Å². The minimum Gasteiger partial charge on any atom is -0.490 e. The van der Waals surface area contributed by atoms with Crippen molar-refractivity contribution < 1.29 is 19.4 Å². The lowest BCUT2D eigenvalue weighted by Crippen LogP contribution is -2.35. The first-order valence-electron chi connectivity index (χ1n) is 12.3. The van der Waals surface area contributed by atoms with Crippen molar-refractivity contribution >= 4 is 16.7 Å². The molecule has 1 heterocycles. The van der Waals surface area contributed by atoms with E-state index >= 15 is 0 Å². The fourth-order valence-electron chi connectivity index (χ4n) is 5.04. The van der Waals surface area contributed by atoms with Gasteiger partial charge in [-0.25, -0.2) is 0 Å². The van der Waals surface area contributed by atoms with Gasteiger partial charge in [0.25, 0.3) is 0 Å². The van der Waals surface area contributed by atoms with Crippen LogP contribution in [0, 0.1) is 11.8 Å². The first kappa shape index (κ1) is 23.1.